The van der Waals surface area contributed by atoms with Crippen LogP contribution in [0.3, 0.4) is 0 Å². The molecule has 0 aliphatic rings. The van der Waals surface area contributed by atoms with Gasteiger partial charge in [0.25, 0.3) is 0 Å². The maximum absolute atomic E-state index is 6.13. The van der Waals surface area contributed by atoms with Crippen molar-refractivity contribution in [2.75, 3.05) is 13.2 Å². The first-order chi connectivity index (χ1) is 12.2. The Morgan fingerprint density at radius 3 is 2.24 bits per heavy atom. The summed E-state index contributed by atoms with van der Waals surface area (Å²) in [7, 11) is 0. The van der Waals surface area contributed by atoms with E-state index in [2.05, 4.69) is 57.3 Å². The van der Waals surface area contributed by atoms with Crippen molar-refractivity contribution < 1.29 is 9.47 Å². The minimum absolute atomic E-state index is 0.0762. The van der Waals surface area contributed by atoms with Crippen molar-refractivity contribution in [3.05, 3.63) is 35.9 Å². The summed E-state index contributed by atoms with van der Waals surface area (Å²) in [5.74, 6) is 0. The molecule has 0 aliphatic carbocycles. The molecule has 0 saturated heterocycles. The Morgan fingerprint density at radius 2 is 1.60 bits per heavy atom. The maximum Gasteiger partial charge on any atom is 0.142 e. The Balaban J connectivity index is 2.57. The van der Waals surface area contributed by atoms with E-state index in [1.807, 2.05) is 6.07 Å². The predicted molar refractivity (Wildman–Crippen MR) is 107 cm³/mol. The highest BCUT2D eigenvalue weighted by Gasteiger charge is 2.34. The zero-order valence-electron chi connectivity index (χ0n) is 16.9. The first-order valence-corrected chi connectivity index (χ1v) is 10.2. The summed E-state index contributed by atoms with van der Waals surface area (Å²) in [5, 5.41) is 3.61. The minimum atomic E-state index is -0.454. The lowest BCUT2D eigenvalue weighted by Crippen LogP contribution is -2.55. The van der Waals surface area contributed by atoms with Gasteiger partial charge in [-0.05, 0) is 32.8 Å². The summed E-state index contributed by atoms with van der Waals surface area (Å²) in [6.45, 7) is 10.7. The van der Waals surface area contributed by atoms with Crippen LogP contribution in [0.2, 0.25) is 0 Å². The molecule has 1 N–H and O–H groups in total. The summed E-state index contributed by atoms with van der Waals surface area (Å²) < 4.78 is 12.2. The molecule has 0 spiro atoms. The summed E-state index contributed by atoms with van der Waals surface area (Å²) in [4.78, 5) is 0. The van der Waals surface area contributed by atoms with Gasteiger partial charge in [0.05, 0.1) is 6.10 Å². The molecule has 144 valence electrons. The van der Waals surface area contributed by atoms with Gasteiger partial charge in [-0.1, -0.05) is 75.8 Å². The molecule has 1 aromatic rings. The van der Waals surface area contributed by atoms with Gasteiger partial charge in [0.1, 0.15) is 5.72 Å². The normalized spacial score (nSPS) is 15.0. The molecule has 2 unspecified atom stereocenters. The molecular weight excluding hydrogens is 310 g/mol. The quantitative estimate of drug-likeness (QED) is 0.326. The third-order valence-corrected chi connectivity index (χ3v) is 4.73. The third kappa shape index (κ3) is 8.84. The van der Waals surface area contributed by atoms with Gasteiger partial charge in [0, 0.05) is 19.8 Å². The third-order valence-electron chi connectivity index (χ3n) is 4.73. The van der Waals surface area contributed by atoms with Crippen molar-refractivity contribution in [2.45, 2.75) is 91.0 Å². The van der Waals surface area contributed by atoms with Crippen LogP contribution in [0.1, 0.15) is 78.2 Å². The molecule has 25 heavy (non-hydrogen) atoms. The van der Waals surface area contributed by atoms with E-state index < -0.39 is 5.72 Å². The van der Waals surface area contributed by atoms with Crippen LogP contribution < -0.4 is 5.32 Å². The summed E-state index contributed by atoms with van der Waals surface area (Å²) >= 11 is 0. The molecule has 0 aliphatic heterocycles. The largest absolute Gasteiger partial charge is 0.374 e. The zero-order valence-corrected chi connectivity index (χ0v) is 16.9. The van der Waals surface area contributed by atoms with Crippen LogP contribution >= 0.6 is 0 Å². The second kappa shape index (κ2) is 13.3. The second-order valence-electron chi connectivity index (χ2n) is 6.88. The number of unbranched alkanes of at least 4 members (excludes halogenated alkanes) is 5. The van der Waals surface area contributed by atoms with Gasteiger partial charge >= 0.3 is 0 Å². The summed E-state index contributed by atoms with van der Waals surface area (Å²) in [6, 6.07) is 10.5. The first kappa shape index (κ1) is 22.1. The average Bonchev–Trinajstić information content (AvgIpc) is 2.63. The summed E-state index contributed by atoms with van der Waals surface area (Å²) in [6.07, 6.45) is 8.93. The lowest BCUT2D eigenvalue weighted by molar-refractivity contribution is -0.154. The van der Waals surface area contributed by atoms with Crippen LogP contribution in [-0.2, 0) is 16.0 Å². The van der Waals surface area contributed by atoms with E-state index in [9.17, 15) is 0 Å². The van der Waals surface area contributed by atoms with Crippen LogP contribution in [0, 0.1) is 0 Å². The van der Waals surface area contributed by atoms with Crippen molar-refractivity contribution in [1.29, 1.82) is 0 Å². The van der Waals surface area contributed by atoms with E-state index in [1.165, 1.54) is 44.1 Å². The van der Waals surface area contributed by atoms with E-state index in [0.717, 1.165) is 19.6 Å². The van der Waals surface area contributed by atoms with Crippen LogP contribution in [0.5, 0.6) is 0 Å². The fourth-order valence-corrected chi connectivity index (χ4v) is 3.26. The number of rotatable bonds is 15. The van der Waals surface area contributed by atoms with Crippen molar-refractivity contribution in [3.8, 4) is 0 Å². The topological polar surface area (TPSA) is 30.5 Å². The highest BCUT2D eigenvalue weighted by atomic mass is 16.6. The fourth-order valence-electron chi connectivity index (χ4n) is 3.26. The molecule has 0 bridgehead atoms. The number of nitrogens with one attached hydrogen (secondary N) is 1. The van der Waals surface area contributed by atoms with Crippen molar-refractivity contribution in [2.24, 2.45) is 0 Å². The second-order valence-corrected chi connectivity index (χ2v) is 6.88. The number of ether oxygens (including phenoxy) is 2. The van der Waals surface area contributed by atoms with E-state index >= 15 is 0 Å². The maximum atomic E-state index is 6.13. The molecule has 3 nitrogen and oxygen atoms in total. The molecular formula is C22H39NO2. The molecule has 0 heterocycles. The zero-order chi connectivity index (χ0) is 18.4. The molecule has 0 radical (unpaired) electrons. The van der Waals surface area contributed by atoms with E-state index in [-0.39, 0.29) is 6.10 Å². The Labute approximate surface area is 155 Å². The van der Waals surface area contributed by atoms with Crippen molar-refractivity contribution >= 4 is 0 Å². The van der Waals surface area contributed by atoms with Gasteiger partial charge in [0.15, 0.2) is 0 Å². The van der Waals surface area contributed by atoms with Gasteiger partial charge in [-0.15, -0.1) is 0 Å². The number of benzene rings is 1. The van der Waals surface area contributed by atoms with Gasteiger partial charge in [0.2, 0.25) is 0 Å². The first-order valence-electron chi connectivity index (χ1n) is 10.2. The highest BCUT2D eigenvalue weighted by molar-refractivity contribution is 5.14. The van der Waals surface area contributed by atoms with Gasteiger partial charge in [-0.25, -0.2) is 0 Å². The monoisotopic (exact) mass is 349 g/mol. The van der Waals surface area contributed by atoms with Crippen LogP contribution in [0.25, 0.3) is 0 Å². The predicted octanol–water partition coefficient (Wildman–Crippen LogP) is 5.68. The van der Waals surface area contributed by atoms with Gasteiger partial charge < -0.3 is 9.47 Å². The van der Waals surface area contributed by atoms with E-state index in [1.54, 1.807) is 0 Å². The SMILES string of the molecule is CCCCCCCCC(OCC)C(C)(NCc1ccccc1)OCC. The number of hydrogen-bond acceptors (Lipinski definition) is 3. The Hall–Kier alpha value is -0.900. The molecule has 1 rings (SSSR count). The number of hydrogen-bond donors (Lipinski definition) is 1. The van der Waals surface area contributed by atoms with Gasteiger partial charge in [-0.3, -0.25) is 5.32 Å². The van der Waals surface area contributed by atoms with Crippen molar-refractivity contribution in [1.82, 2.24) is 5.32 Å². The van der Waals surface area contributed by atoms with Gasteiger partial charge in [-0.2, -0.15) is 0 Å². The Bertz CT molecular complexity index is 423. The summed E-state index contributed by atoms with van der Waals surface area (Å²) in [5.41, 5.74) is 0.813. The smallest absolute Gasteiger partial charge is 0.142 e. The minimum Gasteiger partial charge on any atom is -0.374 e. The van der Waals surface area contributed by atoms with E-state index in [0.29, 0.717) is 6.61 Å². The molecule has 2 atom stereocenters. The lowest BCUT2D eigenvalue weighted by atomic mass is 9.99. The molecule has 0 amide bonds. The molecule has 0 fully saturated rings. The molecule has 3 heteroatoms. The average molecular weight is 350 g/mol. The molecule has 0 aromatic heterocycles. The standard InChI is InChI=1S/C22H39NO2/c1-5-8-9-10-11-15-18-21(24-6-2)22(4,25-7-3)23-19-20-16-13-12-14-17-20/h12-14,16-17,21,23H,5-11,15,18-19H2,1-4H3. The van der Waals surface area contributed by atoms with E-state index in [4.69, 9.17) is 9.47 Å². The molecule has 1 aromatic carbocycles. The Morgan fingerprint density at radius 1 is 0.920 bits per heavy atom. The van der Waals surface area contributed by atoms with Crippen LogP contribution in [-0.4, -0.2) is 25.0 Å². The lowest BCUT2D eigenvalue weighted by Gasteiger charge is -2.38. The van der Waals surface area contributed by atoms with Crippen LogP contribution in [0.4, 0.5) is 0 Å². The Kier molecular flexibility index (Phi) is 11.8. The fraction of sp³-hybridized carbons (Fsp3) is 0.727. The van der Waals surface area contributed by atoms with Crippen molar-refractivity contribution in [3.63, 3.8) is 0 Å². The highest BCUT2D eigenvalue weighted by Crippen LogP contribution is 2.23. The van der Waals surface area contributed by atoms with Crippen LogP contribution in [0.15, 0.2) is 30.3 Å². The molecule has 0 saturated carbocycles.